The van der Waals surface area contributed by atoms with Gasteiger partial charge in [-0.05, 0) is 73.0 Å². The predicted molar refractivity (Wildman–Crippen MR) is 222 cm³/mol. The summed E-state index contributed by atoms with van der Waals surface area (Å²) in [6, 6.07) is 22.0. The van der Waals surface area contributed by atoms with Gasteiger partial charge in [-0.3, -0.25) is 32.7 Å². The van der Waals surface area contributed by atoms with E-state index in [1.807, 2.05) is 13.8 Å². The molecule has 1 N–H and O–H groups in total. The summed E-state index contributed by atoms with van der Waals surface area (Å²) in [5.41, 5.74) is 1.34. The van der Waals surface area contributed by atoms with Crippen LogP contribution in [-0.2, 0) is 27.2 Å². The molecule has 4 aromatic carbocycles. The standard InChI is InChI=1S/C21H23ClN2O4.C14H18N2O3.C7H5ClO/c1-4-5-12-24-20(26)17-15(23(2)21(24)27)10-11-16(28-3)18(17)19(25)13-6-8-14(22)9-7-13;1-4-5-8-16-13(17)11-9-10(19-3)6-7-12(11)15(2)14(16)18;8-7-3-1-6(5-9)2-4-7/h6-11,19,25H,4-5,12H2,1-3H3;6-7,9H,4-5,8H2,1-3H3;1-5H. The monoisotopic (exact) mass is 804 g/mol. The highest BCUT2D eigenvalue weighted by Crippen LogP contribution is 2.35. The first-order valence-corrected chi connectivity index (χ1v) is 18.8. The van der Waals surface area contributed by atoms with Crippen molar-refractivity contribution in [1.82, 2.24) is 18.3 Å². The maximum atomic E-state index is 13.2. The van der Waals surface area contributed by atoms with E-state index in [-0.39, 0.29) is 22.3 Å². The molecule has 56 heavy (non-hydrogen) atoms. The van der Waals surface area contributed by atoms with E-state index in [4.69, 9.17) is 32.7 Å². The molecule has 1 unspecified atom stereocenters. The van der Waals surface area contributed by atoms with Gasteiger partial charge in [0.15, 0.2) is 0 Å². The zero-order valence-corrected chi connectivity index (χ0v) is 33.8. The van der Waals surface area contributed by atoms with Gasteiger partial charge >= 0.3 is 11.4 Å². The molecule has 12 nitrogen and oxygen atoms in total. The van der Waals surface area contributed by atoms with Crippen molar-refractivity contribution >= 4 is 51.3 Å². The Labute approximate surface area is 333 Å². The largest absolute Gasteiger partial charge is 0.497 e. The van der Waals surface area contributed by atoms with Gasteiger partial charge in [-0.1, -0.05) is 74.2 Å². The number of aldehydes is 1. The number of aliphatic hydroxyl groups excluding tert-OH is 1. The lowest BCUT2D eigenvalue weighted by atomic mass is 9.97. The van der Waals surface area contributed by atoms with Gasteiger partial charge in [-0.2, -0.15) is 0 Å². The summed E-state index contributed by atoms with van der Waals surface area (Å²) < 4.78 is 16.0. The zero-order chi connectivity index (χ0) is 41.1. The number of aliphatic hydroxyl groups is 1. The van der Waals surface area contributed by atoms with Crippen LogP contribution in [0.25, 0.3) is 21.8 Å². The Kier molecular flexibility index (Phi) is 15.4. The van der Waals surface area contributed by atoms with E-state index >= 15 is 0 Å². The number of nitrogens with zero attached hydrogens (tertiary/aromatic N) is 4. The minimum atomic E-state index is -1.11. The number of carbonyl (C=O) groups is 1. The third kappa shape index (κ3) is 9.68. The van der Waals surface area contributed by atoms with Gasteiger partial charge < -0.3 is 14.6 Å². The van der Waals surface area contributed by atoms with Crippen LogP contribution in [0.3, 0.4) is 0 Å². The second-order valence-electron chi connectivity index (χ2n) is 12.9. The Morgan fingerprint density at radius 3 is 1.73 bits per heavy atom. The van der Waals surface area contributed by atoms with Crippen molar-refractivity contribution in [1.29, 1.82) is 0 Å². The Bertz CT molecular complexity index is 2540. The topological polar surface area (TPSA) is 144 Å². The molecule has 0 aliphatic rings. The van der Waals surface area contributed by atoms with Gasteiger partial charge in [0.05, 0.1) is 36.0 Å². The van der Waals surface area contributed by atoms with E-state index in [0.717, 1.165) is 25.5 Å². The summed E-state index contributed by atoms with van der Waals surface area (Å²) in [6.07, 6.45) is 2.99. The number of aryl methyl sites for hydroxylation is 2. The number of benzene rings is 4. The molecule has 2 aromatic heterocycles. The molecule has 0 spiro atoms. The minimum absolute atomic E-state index is 0.245. The van der Waals surface area contributed by atoms with Crippen molar-refractivity contribution in [3.05, 3.63) is 147 Å². The van der Waals surface area contributed by atoms with Crippen LogP contribution < -0.4 is 32.0 Å². The van der Waals surface area contributed by atoms with E-state index in [2.05, 4.69) is 0 Å². The molecule has 0 amide bonds. The van der Waals surface area contributed by atoms with Gasteiger partial charge in [-0.15, -0.1) is 0 Å². The molecule has 296 valence electrons. The van der Waals surface area contributed by atoms with Crippen LogP contribution in [0, 0.1) is 0 Å². The first-order valence-electron chi connectivity index (χ1n) is 18.1. The van der Waals surface area contributed by atoms with Crippen LogP contribution in [-0.4, -0.2) is 43.9 Å². The number of halogens is 2. The van der Waals surface area contributed by atoms with Crippen LogP contribution in [0.5, 0.6) is 11.5 Å². The third-order valence-electron chi connectivity index (χ3n) is 9.24. The molecular formula is C42H46Cl2N4O8. The number of carbonyl (C=O) groups excluding carboxylic acids is 1. The van der Waals surface area contributed by atoms with Crippen LogP contribution in [0.1, 0.15) is 67.1 Å². The van der Waals surface area contributed by atoms with Gasteiger partial charge in [0.1, 0.15) is 23.9 Å². The number of hydrogen-bond donors (Lipinski definition) is 1. The second-order valence-corrected chi connectivity index (χ2v) is 13.8. The molecule has 0 saturated carbocycles. The van der Waals surface area contributed by atoms with Crippen molar-refractivity contribution in [2.75, 3.05) is 14.2 Å². The van der Waals surface area contributed by atoms with Gasteiger partial charge in [0.25, 0.3) is 11.1 Å². The summed E-state index contributed by atoms with van der Waals surface area (Å²) in [6.45, 7) is 4.80. The van der Waals surface area contributed by atoms with Crippen LogP contribution in [0.2, 0.25) is 10.0 Å². The third-order valence-corrected chi connectivity index (χ3v) is 9.74. The molecular weight excluding hydrogens is 759 g/mol. The fourth-order valence-electron chi connectivity index (χ4n) is 6.05. The van der Waals surface area contributed by atoms with E-state index in [9.17, 15) is 29.1 Å². The van der Waals surface area contributed by atoms with E-state index in [0.29, 0.717) is 74.2 Å². The highest BCUT2D eigenvalue weighted by atomic mass is 35.5. The Balaban J connectivity index is 0.000000213. The van der Waals surface area contributed by atoms with Crippen molar-refractivity contribution in [3.8, 4) is 11.5 Å². The molecule has 0 aliphatic heterocycles. The Morgan fingerprint density at radius 2 is 1.21 bits per heavy atom. The van der Waals surface area contributed by atoms with Gasteiger partial charge in [0.2, 0.25) is 0 Å². The molecule has 0 fully saturated rings. The fraction of sp³-hybridized carbons (Fsp3) is 0.310. The number of hydrogen-bond acceptors (Lipinski definition) is 8. The minimum Gasteiger partial charge on any atom is -0.497 e. The van der Waals surface area contributed by atoms with Crippen molar-refractivity contribution in [3.63, 3.8) is 0 Å². The molecule has 0 radical (unpaired) electrons. The Hall–Kier alpha value is -5.43. The number of methoxy groups -OCH3 is 2. The van der Waals surface area contributed by atoms with Crippen molar-refractivity contribution in [2.24, 2.45) is 14.1 Å². The predicted octanol–water partition coefficient (Wildman–Crippen LogP) is 6.91. The van der Waals surface area contributed by atoms with Gasteiger partial charge in [-0.25, -0.2) is 9.59 Å². The maximum Gasteiger partial charge on any atom is 0.331 e. The average Bonchev–Trinajstić information content (AvgIpc) is 3.22. The first kappa shape index (κ1) is 43.3. The Morgan fingerprint density at radius 1 is 0.696 bits per heavy atom. The van der Waals surface area contributed by atoms with Crippen molar-refractivity contribution in [2.45, 2.75) is 58.7 Å². The van der Waals surface area contributed by atoms with Crippen molar-refractivity contribution < 1.29 is 19.4 Å². The number of unbranched alkanes of at least 4 members (excludes halogenated alkanes) is 2. The molecule has 6 aromatic rings. The smallest absolute Gasteiger partial charge is 0.331 e. The van der Waals surface area contributed by atoms with Crippen LogP contribution in [0.15, 0.2) is 98.0 Å². The van der Waals surface area contributed by atoms with E-state index < -0.39 is 11.7 Å². The normalized spacial score (nSPS) is 11.3. The lowest BCUT2D eigenvalue weighted by molar-refractivity contribution is 0.112. The number of fused-ring (bicyclic) bond motifs is 2. The van der Waals surface area contributed by atoms with Crippen LogP contribution >= 0.6 is 23.2 Å². The van der Waals surface area contributed by atoms with E-state index in [1.54, 1.807) is 100 Å². The van der Waals surface area contributed by atoms with Crippen LogP contribution in [0.4, 0.5) is 0 Å². The zero-order valence-electron chi connectivity index (χ0n) is 32.3. The maximum absolute atomic E-state index is 13.2. The quantitative estimate of drug-likeness (QED) is 0.139. The number of rotatable bonds is 11. The summed E-state index contributed by atoms with van der Waals surface area (Å²) in [7, 11) is 6.34. The lowest BCUT2D eigenvalue weighted by Gasteiger charge is -2.19. The molecule has 6 rings (SSSR count). The molecule has 0 aliphatic carbocycles. The first-order chi connectivity index (χ1) is 26.8. The summed E-state index contributed by atoms with van der Waals surface area (Å²) in [5, 5.41) is 13.1. The fourth-order valence-corrected chi connectivity index (χ4v) is 6.30. The number of aromatic nitrogens is 4. The highest BCUT2D eigenvalue weighted by molar-refractivity contribution is 6.30. The summed E-state index contributed by atoms with van der Waals surface area (Å²) in [5.74, 6) is 0.998. The highest BCUT2D eigenvalue weighted by Gasteiger charge is 2.24. The SMILES string of the molecule is CCCCn1c(=O)c2c(C(O)c3ccc(Cl)cc3)c(OC)ccc2n(C)c1=O.CCCCn1c(=O)c2cc(OC)ccc2n(C)c1=O.O=Cc1ccc(Cl)cc1. The average molecular weight is 806 g/mol. The second kappa shape index (κ2) is 19.9. The molecule has 0 bridgehead atoms. The number of ether oxygens (including phenoxy) is 2. The molecule has 2 heterocycles. The molecule has 14 heteroatoms. The van der Waals surface area contributed by atoms with E-state index in [1.165, 1.54) is 25.4 Å². The summed E-state index contributed by atoms with van der Waals surface area (Å²) >= 11 is 11.5. The molecule has 0 saturated heterocycles. The molecule has 1 atom stereocenters. The summed E-state index contributed by atoms with van der Waals surface area (Å²) in [4.78, 5) is 60.5. The lowest BCUT2D eigenvalue weighted by Crippen LogP contribution is -2.39. The van der Waals surface area contributed by atoms with Gasteiger partial charge in [0, 0.05) is 48.4 Å².